The number of nitrogens with zero attached hydrogens (tertiary/aromatic N) is 1. The van der Waals surface area contributed by atoms with Crippen molar-refractivity contribution in [2.24, 2.45) is 0 Å². The van der Waals surface area contributed by atoms with E-state index in [2.05, 4.69) is 24.0 Å². The van der Waals surface area contributed by atoms with Crippen LogP contribution in [-0.2, 0) is 0 Å². The number of thiazole rings is 1. The van der Waals surface area contributed by atoms with Crippen LogP contribution in [-0.4, -0.2) is 18.1 Å². The molecule has 1 aromatic heterocycles. The van der Waals surface area contributed by atoms with Crippen molar-refractivity contribution in [3.63, 3.8) is 0 Å². The van der Waals surface area contributed by atoms with Crippen LogP contribution < -0.4 is 9.47 Å². The summed E-state index contributed by atoms with van der Waals surface area (Å²) in [6.45, 7) is 2.07. The SMILES string of the molecule is COc1ccc(C(=O)Oc2ccc(-c3nc4ccc(C)cc4s3)cc2)cc1Cl. The molecule has 6 heteroatoms. The number of halogens is 1. The van der Waals surface area contributed by atoms with E-state index in [1.165, 1.54) is 18.7 Å². The van der Waals surface area contributed by atoms with Crippen LogP contribution in [0.25, 0.3) is 20.8 Å². The molecule has 0 saturated heterocycles. The molecule has 0 unspecified atom stereocenters. The molecule has 0 atom stereocenters. The van der Waals surface area contributed by atoms with Gasteiger partial charge in [-0.05, 0) is 67.1 Å². The Hall–Kier alpha value is -2.89. The third kappa shape index (κ3) is 3.72. The highest BCUT2D eigenvalue weighted by atomic mass is 35.5. The number of aryl methyl sites for hydroxylation is 1. The monoisotopic (exact) mass is 409 g/mol. The number of carbonyl (C=O) groups is 1. The summed E-state index contributed by atoms with van der Waals surface area (Å²) in [6, 6.07) is 18.3. The molecule has 0 N–H and O–H groups in total. The fourth-order valence-electron chi connectivity index (χ4n) is 2.78. The third-order valence-corrected chi connectivity index (χ3v) is 5.61. The molecular formula is C22H16ClNO3S. The lowest BCUT2D eigenvalue weighted by Gasteiger charge is -2.07. The number of hydrogen-bond donors (Lipinski definition) is 0. The zero-order chi connectivity index (χ0) is 19.7. The molecule has 0 aliphatic carbocycles. The Morgan fingerprint density at radius 1 is 1.04 bits per heavy atom. The number of fused-ring (bicyclic) bond motifs is 1. The Labute approximate surface area is 171 Å². The largest absolute Gasteiger partial charge is 0.495 e. The van der Waals surface area contributed by atoms with E-state index < -0.39 is 5.97 Å². The van der Waals surface area contributed by atoms with Crippen LogP contribution in [0.15, 0.2) is 60.7 Å². The zero-order valence-electron chi connectivity index (χ0n) is 15.2. The van der Waals surface area contributed by atoms with Gasteiger partial charge < -0.3 is 9.47 Å². The van der Waals surface area contributed by atoms with Crippen molar-refractivity contribution in [1.82, 2.24) is 4.98 Å². The molecule has 1 heterocycles. The Balaban J connectivity index is 1.52. The zero-order valence-corrected chi connectivity index (χ0v) is 16.8. The van der Waals surface area contributed by atoms with Crippen LogP contribution in [0.2, 0.25) is 5.02 Å². The van der Waals surface area contributed by atoms with Crippen molar-refractivity contribution in [3.8, 4) is 22.1 Å². The van der Waals surface area contributed by atoms with Gasteiger partial charge in [-0.25, -0.2) is 9.78 Å². The number of rotatable bonds is 4. The van der Waals surface area contributed by atoms with Crippen molar-refractivity contribution in [3.05, 3.63) is 76.8 Å². The minimum absolute atomic E-state index is 0.358. The number of esters is 1. The lowest BCUT2D eigenvalue weighted by atomic mass is 10.2. The third-order valence-electron chi connectivity index (χ3n) is 4.24. The molecule has 0 aliphatic rings. The first-order valence-corrected chi connectivity index (χ1v) is 9.76. The molecule has 0 amide bonds. The van der Waals surface area contributed by atoms with Gasteiger partial charge in [0.2, 0.25) is 0 Å². The van der Waals surface area contributed by atoms with Gasteiger partial charge in [0.05, 0.1) is 27.9 Å². The van der Waals surface area contributed by atoms with Crippen molar-refractivity contribution < 1.29 is 14.3 Å². The van der Waals surface area contributed by atoms with Crippen molar-refractivity contribution >= 4 is 39.1 Å². The average molecular weight is 410 g/mol. The standard InChI is InChI=1S/C22H16ClNO3S/c1-13-3-9-18-20(11-13)28-21(24-18)14-4-7-16(8-5-14)27-22(25)15-6-10-19(26-2)17(23)12-15/h3-12H,1-2H3. The lowest BCUT2D eigenvalue weighted by molar-refractivity contribution is 0.0734. The van der Waals surface area contributed by atoms with E-state index in [0.29, 0.717) is 22.1 Å². The number of ether oxygens (including phenoxy) is 2. The van der Waals surface area contributed by atoms with E-state index in [1.807, 2.05) is 18.2 Å². The summed E-state index contributed by atoms with van der Waals surface area (Å²) >= 11 is 7.71. The van der Waals surface area contributed by atoms with Gasteiger partial charge in [0.15, 0.2) is 0 Å². The smallest absolute Gasteiger partial charge is 0.343 e. The predicted octanol–water partition coefficient (Wildman–Crippen LogP) is 6.15. The summed E-state index contributed by atoms with van der Waals surface area (Å²) in [5.41, 5.74) is 3.53. The summed E-state index contributed by atoms with van der Waals surface area (Å²) in [6.07, 6.45) is 0. The second kappa shape index (κ2) is 7.62. The van der Waals surface area contributed by atoms with Crippen molar-refractivity contribution in [2.75, 3.05) is 7.11 Å². The summed E-state index contributed by atoms with van der Waals surface area (Å²) in [7, 11) is 1.52. The van der Waals surface area contributed by atoms with Crippen LogP contribution in [0.1, 0.15) is 15.9 Å². The molecule has 3 aromatic carbocycles. The molecular weight excluding hydrogens is 394 g/mol. The van der Waals surface area contributed by atoms with Crippen LogP contribution in [0, 0.1) is 6.92 Å². The summed E-state index contributed by atoms with van der Waals surface area (Å²) in [5, 5.41) is 1.29. The highest BCUT2D eigenvalue weighted by Crippen LogP contribution is 2.32. The topological polar surface area (TPSA) is 48.4 Å². The molecule has 0 bridgehead atoms. The van der Waals surface area contributed by atoms with E-state index in [-0.39, 0.29) is 0 Å². The molecule has 0 spiro atoms. The van der Waals surface area contributed by atoms with E-state index in [0.717, 1.165) is 20.8 Å². The van der Waals surface area contributed by atoms with Gasteiger partial charge in [-0.3, -0.25) is 0 Å². The molecule has 4 nitrogen and oxygen atoms in total. The van der Waals surface area contributed by atoms with Crippen LogP contribution in [0.3, 0.4) is 0 Å². The minimum Gasteiger partial charge on any atom is -0.495 e. The molecule has 28 heavy (non-hydrogen) atoms. The molecule has 4 aromatic rings. The Bertz CT molecular complexity index is 1170. The fraction of sp³-hybridized carbons (Fsp3) is 0.0909. The minimum atomic E-state index is -0.479. The van der Waals surface area contributed by atoms with E-state index >= 15 is 0 Å². The second-order valence-corrected chi connectivity index (χ2v) is 7.69. The van der Waals surface area contributed by atoms with Crippen molar-refractivity contribution in [2.45, 2.75) is 6.92 Å². The summed E-state index contributed by atoms with van der Waals surface area (Å²) in [4.78, 5) is 17.0. The number of aromatic nitrogens is 1. The highest BCUT2D eigenvalue weighted by molar-refractivity contribution is 7.21. The fourth-order valence-corrected chi connectivity index (χ4v) is 4.11. The Morgan fingerprint density at radius 3 is 2.54 bits per heavy atom. The van der Waals surface area contributed by atoms with Crippen LogP contribution >= 0.6 is 22.9 Å². The van der Waals surface area contributed by atoms with Gasteiger partial charge in [-0.2, -0.15) is 0 Å². The van der Waals surface area contributed by atoms with Crippen LogP contribution in [0.5, 0.6) is 11.5 Å². The number of hydrogen-bond acceptors (Lipinski definition) is 5. The molecule has 140 valence electrons. The Kier molecular flexibility index (Phi) is 5.03. The van der Waals surface area contributed by atoms with Gasteiger partial charge in [0, 0.05) is 5.56 Å². The first kappa shape index (κ1) is 18.5. The van der Waals surface area contributed by atoms with Gasteiger partial charge in [-0.1, -0.05) is 17.7 Å². The maximum absolute atomic E-state index is 12.3. The highest BCUT2D eigenvalue weighted by Gasteiger charge is 2.12. The first-order chi connectivity index (χ1) is 13.5. The predicted molar refractivity (Wildman–Crippen MR) is 113 cm³/mol. The summed E-state index contributed by atoms with van der Waals surface area (Å²) < 4.78 is 11.7. The molecule has 0 saturated carbocycles. The number of benzene rings is 3. The molecule has 0 aliphatic heterocycles. The van der Waals surface area contributed by atoms with Gasteiger partial charge in [0.1, 0.15) is 16.5 Å². The molecule has 0 radical (unpaired) electrons. The van der Waals surface area contributed by atoms with E-state index in [1.54, 1.807) is 35.6 Å². The van der Waals surface area contributed by atoms with Crippen LogP contribution in [0.4, 0.5) is 0 Å². The average Bonchev–Trinajstić information content (AvgIpc) is 3.11. The summed E-state index contributed by atoms with van der Waals surface area (Å²) in [5.74, 6) is 0.485. The van der Waals surface area contributed by atoms with Gasteiger partial charge in [-0.15, -0.1) is 11.3 Å². The Morgan fingerprint density at radius 2 is 1.82 bits per heavy atom. The molecule has 0 fully saturated rings. The van der Waals surface area contributed by atoms with Gasteiger partial charge in [0.25, 0.3) is 0 Å². The lowest BCUT2D eigenvalue weighted by Crippen LogP contribution is -2.08. The number of carbonyl (C=O) groups excluding carboxylic acids is 1. The second-order valence-electron chi connectivity index (χ2n) is 6.25. The van der Waals surface area contributed by atoms with Gasteiger partial charge >= 0.3 is 5.97 Å². The number of methoxy groups -OCH3 is 1. The molecule has 4 rings (SSSR count). The van der Waals surface area contributed by atoms with E-state index in [4.69, 9.17) is 21.1 Å². The van der Waals surface area contributed by atoms with Crippen molar-refractivity contribution in [1.29, 1.82) is 0 Å². The normalized spacial score (nSPS) is 10.8. The maximum Gasteiger partial charge on any atom is 0.343 e. The van der Waals surface area contributed by atoms with E-state index in [9.17, 15) is 4.79 Å². The maximum atomic E-state index is 12.3. The first-order valence-electron chi connectivity index (χ1n) is 8.57. The quantitative estimate of drug-likeness (QED) is 0.299.